The summed E-state index contributed by atoms with van der Waals surface area (Å²) in [5.41, 5.74) is 0. The molecular formula is C8H15F2N. The van der Waals surface area contributed by atoms with Crippen molar-refractivity contribution in [2.45, 2.75) is 39.3 Å². The zero-order valence-corrected chi connectivity index (χ0v) is 7.27. The van der Waals surface area contributed by atoms with Crippen molar-refractivity contribution in [2.75, 3.05) is 6.54 Å². The van der Waals surface area contributed by atoms with Crippen LogP contribution in [0.25, 0.3) is 0 Å². The maximum absolute atomic E-state index is 13.0. The highest BCUT2D eigenvalue weighted by atomic mass is 19.3. The van der Waals surface area contributed by atoms with E-state index in [1.807, 2.05) is 20.8 Å². The van der Waals surface area contributed by atoms with Crippen LogP contribution in [0.1, 0.15) is 27.2 Å². The van der Waals surface area contributed by atoms with Crippen molar-refractivity contribution in [1.29, 1.82) is 0 Å². The summed E-state index contributed by atoms with van der Waals surface area (Å²) in [5.74, 6) is 0.132. The quantitative estimate of drug-likeness (QED) is 0.536. The van der Waals surface area contributed by atoms with Crippen molar-refractivity contribution in [3.05, 3.63) is 0 Å². The zero-order valence-electron chi connectivity index (χ0n) is 7.27. The summed E-state index contributed by atoms with van der Waals surface area (Å²) in [7, 11) is 0. The van der Waals surface area contributed by atoms with Crippen LogP contribution in [0.2, 0.25) is 0 Å². The van der Waals surface area contributed by atoms with E-state index in [2.05, 4.69) is 0 Å². The predicted octanol–water partition coefficient (Wildman–Crippen LogP) is 2.33. The van der Waals surface area contributed by atoms with Gasteiger partial charge in [0.05, 0.1) is 0 Å². The number of nitrogens with zero attached hydrogens (tertiary/aromatic N) is 1. The van der Waals surface area contributed by atoms with E-state index in [1.165, 1.54) is 4.90 Å². The fraction of sp³-hybridized carbons (Fsp3) is 1.00. The molecule has 3 heteroatoms. The van der Waals surface area contributed by atoms with E-state index in [4.69, 9.17) is 0 Å². The predicted molar refractivity (Wildman–Crippen MR) is 40.6 cm³/mol. The summed E-state index contributed by atoms with van der Waals surface area (Å²) in [6, 6.07) is -2.61. The number of alkyl halides is 2. The number of hydrogen-bond donors (Lipinski definition) is 0. The Balaban J connectivity index is 2.66. The van der Waals surface area contributed by atoms with Crippen LogP contribution in [0.4, 0.5) is 8.78 Å². The van der Waals surface area contributed by atoms with Crippen LogP contribution in [0, 0.1) is 5.92 Å². The Kier molecular flexibility index (Phi) is 2.19. The maximum atomic E-state index is 13.0. The fourth-order valence-corrected chi connectivity index (χ4v) is 1.66. The maximum Gasteiger partial charge on any atom is 0.305 e. The Labute approximate surface area is 66.4 Å². The van der Waals surface area contributed by atoms with Crippen LogP contribution in [0.3, 0.4) is 0 Å². The molecule has 0 N–H and O–H groups in total. The summed E-state index contributed by atoms with van der Waals surface area (Å²) in [5, 5.41) is 0. The van der Waals surface area contributed by atoms with Gasteiger partial charge in [-0.05, 0) is 19.8 Å². The van der Waals surface area contributed by atoms with Crippen molar-refractivity contribution in [1.82, 2.24) is 4.90 Å². The molecule has 0 saturated carbocycles. The third-order valence-corrected chi connectivity index (χ3v) is 2.15. The van der Waals surface area contributed by atoms with E-state index in [9.17, 15) is 8.78 Å². The lowest BCUT2D eigenvalue weighted by Crippen LogP contribution is -2.40. The molecule has 1 atom stereocenters. The highest BCUT2D eigenvalue weighted by Gasteiger charge is 2.46. The number of halogens is 2. The minimum absolute atomic E-state index is 0.0190. The van der Waals surface area contributed by atoms with E-state index in [-0.39, 0.29) is 18.4 Å². The standard InChI is InChI=1S/C8H15F2N/c1-6(2)11-5-7(3)4-8(11,9)10/h6-7H,4-5H2,1-3H3. The summed E-state index contributed by atoms with van der Waals surface area (Å²) >= 11 is 0. The minimum atomic E-state index is -2.56. The normalized spacial score (nSPS) is 31.6. The lowest BCUT2D eigenvalue weighted by atomic mass is 10.1. The molecule has 0 aromatic carbocycles. The molecular weight excluding hydrogens is 148 g/mol. The van der Waals surface area contributed by atoms with E-state index in [0.29, 0.717) is 6.54 Å². The van der Waals surface area contributed by atoms with Crippen LogP contribution >= 0.6 is 0 Å². The lowest BCUT2D eigenvalue weighted by Gasteiger charge is -2.27. The number of hydrogen-bond acceptors (Lipinski definition) is 1. The number of likely N-dealkylation sites (tertiary alicyclic amines) is 1. The largest absolute Gasteiger partial charge is 0.305 e. The summed E-state index contributed by atoms with van der Waals surface area (Å²) in [6.45, 7) is 6.03. The van der Waals surface area contributed by atoms with Gasteiger partial charge in [0.15, 0.2) is 0 Å². The lowest BCUT2D eigenvalue weighted by molar-refractivity contribution is -0.132. The molecule has 0 spiro atoms. The molecule has 0 aliphatic carbocycles. The Morgan fingerprint density at radius 2 is 2.00 bits per heavy atom. The SMILES string of the molecule is CC1CN(C(C)C)C(F)(F)C1. The van der Waals surface area contributed by atoms with Gasteiger partial charge < -0.3 is 0 Å². The summed E-state index contributed by atoms with van der Waals surface area (Å²) in [4.78, 5) is 1.28. The van der Waals surface area contributed by atoms with Crippen LogP contribution in [0.5, 0.6) is 0 Å². The molecule has 1 aliphatic rings. The monoisotopic (exact) mass is 163 g/mol. The summed E-state index contributed by atoms with van der Waals surface area (Å²) < 4.78 is 26.1. The first-order chi connectivity index (χ1) is 4.93. The van der Waals surface area contributed by atoms with Gasteiger partial charge in [-0.15, -0.1) is 0 Å². The molecule has 0 aromatic rings. The smallest absolute Gasteiger partial charge is 0.242 e. The zero-order chi connectivity index (χ0) is 8.65. The van der Waals surface area contributed by atoms with Crippen molar-refractivity contribution in [3.63, 3.8) is 0 Å². The van der Waals surface area contributed by atoms with Gasteiger partial charge in [-0.2, -0.15) is 8.78 Å². The van der Waals surface area contributed by atoms with Gasteiger partial charge in [0.25, 0.3) is 0 Å². The van der Waals surface area contributed by atoms with E-state index in [0.717, 1.165) is 0 Å². The van der Waals surface area contributed by atoms with Crippen molar-refractivity contribution in [3.8, 4) is 0 Å². The molecule has 1 nitrogen and oxygen atoms in total. The van der Waals surface area contributed by atoms with Crippen molar-refractivity contribution >= 4 is 0 Å². The molecule has 0 amide bonds. The van der Waals surface area contributed by atoms with E-state index < -0.39 is 6.05 Å². The Bertz CT molecular complexity index is 145. The molecule has 1 heterocycles. The first-order valence-electron chi connectivity index (χ1n) is 4.08. The van der Waals surface area contributed by atoms with Gasteiger partial charge in [0, 0.05) is 19.0 Å². The van der Waals surface area contributed by atoms with Gasteiger partial charge in [0.2, 0.25) is 0 Å². The third kappa shape index (κ3) is 1.70. The Morgan fingerprint density at radius 3 is 2.18 bits per heavy atom. The average molecular weight is 163 g/mol. The van der Waals surface area contributed by atoms with E-state index >= 15 is 0 Å². The molecule has 1 unspecified atom stereocenters. The van der Waals surface area contributed by atoms with E-state index in [1.54, 1.807) is 0 Å². The molecule has 0 radical (unpaired) electrons. The molecule has 66 valence electrons. The number of rotatable bonds is 1. The van der Waals surface area contributed by atoms with Crippen LogP contribution in [0.15, 0.2) is 0 Å². The van der Waals surface area contributed by atoms with Crippen molar-refractivity contribution in [2.24, 2.45) is 5.92 Å². The molecule has 1 rings (SSSR count). The fourth-order valence-electron chi connectivity index (χ4n) is 1.66. The minimum Gasteiger partial charge on any atom is -0.242 e. The second kappa shape index (κ2) is 2.70. The topological polar surface area (TPSA) is 3.24 Å². The first kappa shape index (κ1) is 8.91. The molecule has 11 heavy (non-hydrogen) atoms. The highest BCUT2D eigenvalue weighted by Crippen LogP contribution is 2.36. The third-order valence-electron chi connectivity index (χ3n) is 2.15. The van der Waals surface area contributed by atoms with Gasteiger partial charge >= 0.3 is 6.05 Å². The second-order valence-electron chi connectivity index (χ2n) is 3.72. The molecule has 1 aliphatic heterocycles. The van der Waals surface area contributed by atoms with Gasteiger partial charge in [0.1, 0.15) is 0 Å². The Morgan fingerprint density at radius 1 is 1.45 bits per heavy atom. The highest BCUT2D eigenvalue weighted by molar-refractivity contribution is 4.84. The summed E-state index contributed by atoms with van der Waals surface area (Å²) in [6.07, 6.45) is 0.0190. The Hall–Kier alpha value is -0.180. The molecule has 0 bridgehead atoms. The second-order valence-corrected chi connectivity index (χ2v) is 3.72. The molecule has 1 saturated heterocycles. The van der Waals surface area contributed by atoms with Crippen LogP contribution in [-0.4, -0.2) is 23.5 Å². The first-order valence-corrected chi connectivity index (χ1v) is 4.08. The van der Waals surface area contributed by atoms with Crippen LogP contribution in [-0.2, 0) is 0 Å². The van der Waals surface area contributed by atoms with Crippen LogP contribution < -0.4 is 0 Å². The van der Waals surface area contributed by atoms with Gasteiger partial charge in [-0.1, -0.05) is 6.92 Å². The average Bonchev–Trinajstić information content (AvgIpc) is 2.04. The molecule has 1 fully saturated rings. The van der Waals surface area contributed by atoms with Crippen molar-refractivity contribution < 1.29 is 8.78 Å². The molecule has 0 aromatic heterocycles. The van der Waals surface area contributed by atoms with Gasteiger partial charge in [-0.3, -0.25) is 0 Å². The van der Waals surface area contributed by atoms with Gasteiger partial charge in [-0.25, -0.2) is 4.90 Å².